The minimum absolute atomic E-state index is 0.500. The second kappa shape index (κ2) is 9.24. The number of hydrogen-bond acceptors (Lipinski definition) is 6. The van der Waals surface area contributed by atoms with Crippen molar-refractivity contribution in [3.63, 3.8) is 0 Å². The number of esters is 1. The van der Waals surface area contributed by atoms with Crippen molar-refractivity contribution in [2.45, 2.75) is 20.0 Å². The van der Waals surface area contributed by atoms with Crippen LogP contribution in [-0.2, 0) is 19.1 Å². The summed E-state index contributed by atoms with van der Waals surface area (Å²) in [4.78, 5) is 34.1. The Morgan fingerprint density at radius 2 is 1.96 bits per heavy atom. The highest BCUT2D eigenvalue weighted by molar-refractivity contribution is 5.96. The number of rotatable bonds is 6. The summed E-state index contributed by atoms with van der Waals surface area (Å²) in [5, 5.41) is 1.91. The fourth-order valence-electron chi connectivity index (χ4n) is 1.58. The highest BCUT2D eigenvalue weighted by Crippen LogP contribution is 2.19. The molecule has 0 unspecified atom stereocenters. The number of hydrogen-bond donors (Lipinski definition) is 1. The molecule has 7 nitrogen and oxygen atoms in total. The van der Waals surface area contributed by atoms with Crippen LogP contribution in [0, 0.1) is 0 Å². The molecule has 1 aromatic carbocycles. The first-order valence-electron chi connectivity index (χ1n) is 6.97. The van der Waals surface area contributed by atoms with E-state index < -0.39 is 24.1 Å². The molecule has 2 amide bonds. The molecule has 0 heterocycles. The van der Waals surface area contributed by atoms with E-state index in [1.807, 2.05) is 18.3 Å². The van der Waals surface area contributed by atoms with Crippen molar-refractivity contribution in [3.8, 4) is 5.75 Å². The molecule has 1 N–H and O–H groups in total. The van der Waals surface area contributed by atoms with Crippen molar-refractivity contribution in [2.75, 3.05) is 13.7 Å². The maximum absolute atomic E-state index is 11.7. The quantitative estimate of drug-likeness (QED) is 0.636. The molecule has 1 atom stereocenters. The molecule has 0 aliphatic carbocycles. The van der Waals surface area contributed by atoms with Crippen molar-refractivity contribution in [1.82, 2.24) is 5.32 Å². The van der Waals surface area contributed by atoms with Crippen molar-refractivity contribution in [1.29, 1.82) is 0 Å². The van der Waals surface area contributed by atoms with Gasteiger partial charge in [-0.2, -0.15) is 0 Å². The molecule has 0 saturated heterocycles. The van der Waals surface area contributed by atoms with Gasteiger partial charge in [-0.25, -0.2) is 9.59 Å². The Hall–Kier alpha value is -2.83. The van der Waals surface area contributed by atoms with Gasteiger partial charge in [-0.05, 0) is 26.0 Å². The van der Waals surface area contributed by atoms with Crippen LogP contribution in [-0.4, -0.2) is 37.8 Å². The number of imide groups is 1. The maximum atomic E-state index is 11.7. The van der Waals surface area contributed by atoms with E-state index in [1.54, 1.807) is 18.2 Å². The van der Waals surface area contributed by atoms with Crippen molar-refractivity contribution in [2.24, 2.45) is 0 Å². The number of nitrogens with one attached hydrogen (secondary N) is 1. The SMILES string of the molecule is CCOc1ccccc1/C=C/C(=O)O[C@H](C)C(=O)NC(=O)OC. The van der Waals surface area contributed by atoms with Crippen molar-refractivity contribution in [3.05, 3.63) is 35.9 Å². The van der Waals surface area contributed by atoms with Crippen LogP contribution in [0.2, 0.25) is 0 Å². The van der Waals surface area contributed by atoms with Gasteiger partial charge in [0, 0.05) is 11.6 Å². The van der Waals surface area contributed by atoms with Crippen molar-refractivity contribution >= 4 is 24.0 Å². The Morgan fingerprint density at radius 1 is 1.26 bits per heavy atom. The highest BCUT2D eigenvalue weighted by atomic mass is 16.6. The summed E-state index contributed by atoms with van der Waals surface area (Å²) in [6.07, 6.45) is 0.658. The fourth-order valence-corrected chi connectivity index (χ4v) is 1.58. The van der Waals surface area contributed by atoms with E-state index in [1.165, 1.54) is 19.1 Å². The smallest absolute Gasteiger partial charge is 0.413 e. The summed E-state index contributed by atoms with van der Waals surface area (Å²) in [5.41, 5.74) is 0.706. The van der Waals surface area contributed by atoms with E-state index in [2.05, 4.69) is 4.74 Å². The van der Waals surface area contributed by atoms with Gasteiger partial charge in [0.25, 0.3) is 5.91 Å². The predicted octanol–water partition coefficient (Wildman–Crippen LogP) is 1.91. The van der Waals surface area contributed by atoms with Crippen LogP contribution in [0.15, 0.2) is 30.3 Å². The highest BCUT2D eigenvalue weighted by Gasteiger charge is 2.19. The number of carbonyl (C=O) groups excluding carboxylic acids is 3. The predicted molar refractivity (Wildman–Crippen MR) is 82.7 cm³/mol. The lowest BCUT2D eigenvalue weighted by Crippen LogP contribution is -2.39. The van der Waals surface area contributed by atoms with Crippen LogP contribution < -0.4 is 10.1 Å². The molecule has 1 aromatic rings. The summed E-state index contributed by atoms with van der Waals surface area (Å²) >= 11 is 0. The first-order valence-corrected chi connectivity index (χ1v) is 6.97. The minimum Gasteiger partial charge on any atom is -0.493 e. The van der Waals surface area contributed by atoms with Gasteiger partial charge in [0.05, 0.1) is 13.7 Å². The average molecular weight is 321 g/mol. The fraction of sp³-hybridized carbons (Fsp3) is 0.312. The van der Waals surface area contributed by atoms with E-state index in [0.29, 0.717) is 17.9 Å². The van der Waals surface area contributed by atoms with Gasteiger partial charge in [-0.3, -0.25) is 10.1 Å². The normalized spacial score (nSPS) is 11.6. The van der Waals surface area contributed by atoms with E-state index in [4.69, 9.17) is 9.47 Å². The van der Waals surface area contributed by atoms with Gasteiger partial charge < -0.3 is 14.2 Å². The zero-order chi connectivity index (χ0) is 17.2. The lowest BCUT2D eigenvalue weighted by atomic mass is 10.2. The lowest BCUT2D eigenvalue weighted by molar-refractivity contribution is -0.149. The topological polar surface area (TPSA) is 90.9 Å². The molecule has 0 aromatic heterocycles. The van der Waals surface area contributed by atoms with Crippen LogP contribution in [0.1, 0.15) is 19.4 Å². The summed E-state index contributed by atoms with van der Waals surface area (Å²) in [6.45, 7) is 3.70. The van der Waals surface area contributed by atoms with Gasteiger partial charge in [0.1, 0.15) is 5.75 Å². The van der Waals surface area contributed by atoms with Crippen LogP contribution in [0.25, 0.3) is 6.08 Å². The Balaban J connectivity index is 2.62. The molecule has 0 bridgehead atoms. The van der Waals surface area contributed by atoms with Crippen molar-refractivity contribution < 1.29 is 28.6 Å². The molecular formula is C16H19NO6. The van der Waals surface area contributed by atoms with Gasteiger partial charge in [-0.1, -0.05) is 18.2 Å². The Morgan fingerprint density at radius 3 is 2.61 bits per heavy atom. The zero-order valence-electron chi connectivity index (χ0n) is 13.2. The first-order chi connectivity index (χ1) is 11.0. The maximum Gasteiger partial charge on any atom is 0.413 e. The van der Waals surface area contributed by atoms with Gasteiger partial charge in [0.2, 0.25) is 0 Å². The van der Waals surface area contributed by atoms with E-state index in [0.717, 1.165) is 7.11 Å². The van der Waals surface area contributed by atoms with Gasteiger partial charge >= 0.3 is 12.1 Å². The van der Waals surface area contributed by atoms with Gasteiger partial charge in [0.15, 0.2) is 6.10 Å². The van der Waals surface area contributed by atoms with Crippen LogP contribution in [0.4, 0.5) is 4.79 Å². The third kappa shape index (κ3) is 6.21. The third-order valence-electron chi connectivity index (χ3n) is 2.69. The standard InChI is InChI=1S/C16H19NO6/c1-4-22-13-8-6-5-7-12(13)9-10-14(18)23-11(2)15(19)17-16(20)21-3/h5-11H,4H2,1-3H3,(H,17,19,20)/b10-9+/t11-/m1/s1. The molecule has 0 radical (unpaired) electrons. The number of amides is 2. The van der Waals surface area contributed by atoms with E-state index >= 15 is 0 Å². The molecule has 0 aliphatic rings. The molecule has 7 heteroatoms. The second-order valence-electron chi connectivity index (χ2n) is 4.36. The molecule has 23 heavy (non-hydrogen) atoms. The number of alkyl carbamates (subject to hydrolysis) is 1. The lowest BCUT2D eigenvalue weighted by Gasteiger charge is -2.11. The molecule has 1 rings (SSSR count). The molecule has 0 aliphatic heterocycles. The average Bonchev–Trinajstić information content (AvgIpc) is 2.54. The molecule has 124 valence electrons. The number of para-hydroxylation sites is 1. The number of carbonyl (C=O) groups is 3. The first kappa shape index (κ1) is 18.2. The Kier molecular flexibility index (Phi) is 7.32. The van der Waals surface area contributed by atoms with Crippen LogP contribution >= 0.6 is 0 Å². The number of ether oxygens (including phenoxy) is 3. The second-order valence-corrected chi connectivity index (χ2v) is 4.36. The summed E-state index contributed by atoms with van der Waals surface area (Å²) < 4.78 is 14.6. The number of methoxy groups -OCH3 is 1. The third-order valence-corrected chi connectivity index (χ3v) is 2.69. The molecule has 0 spiro atoms. The number of benzene rings is 1. The van der Waals surface area contributed by atoms with E-state index in [9.17, 15) is 14.4 Å². The largest absolute Gasteiger partial charge is 0.493 e. The van der Waals surface area contributed by atoms with Crippen LogP contribution in [0.5, 0.6) is 5.75 Å². The van der Waals surface area contributed by atoms with Crippen LogP contribution in [0.3, 0.4) is 0 Å². The van der Waals surface area contributed by atoms with Gasteiger partial charge in [-0.15, -0.1) is 0 Å². The molecule has 0 fully saturated rings. The zero-order valence-corrected chi connectivity index (χ0v) is 13.2. The van der Waals surface area contributed by atoms with E-state index in [-0.39, 0.29) is 0 Å². The Labute approximate surface area is 134 Å². The Bertz CT molecular complexity index is 596. The summed E-state index contributed by atoms with van der Waals surface area (Å²) in [7, 11) is 1.12. The molecule has 0 saturated carbocycles. The molecular weight excluding hydrogens is 302 g/mol. The minimum atomic E-state index is -1.13. The summed E-state index contributed by atoms with van der Waals surface area (Å²) in [6, 6.07) is 7.18. The summed E-state index contributed by atoms with van der Waals surface area (Å²) in [5.74, 6) is -0.854. The monoisotopic (exact) mass is 321 g/mol.